The Bertz CT molecular complexity index is 1130. The van der Waals surface area contributed by atoms with Crippen molar-refractivity contribution >= 4 is 27.5 Å². The number of benzene rings is 2. The highest BCUT2D eigenvalue weighted by atomic mass is 32.1. The lowest BCUT2D eigenvalue weighted by molar-refractivity contribution is 0.0598. The number of fused-ring (bicyclic) bond motifs is 1. The molecule has 2 heterocycles. The van der Waals surface area contributed by atoms with Crippen LogP contribution >= 0.6 is 11.3 Å². The molecule has 2 aromatic carbocycles. The topological polar surface area (TPSA) is 61.3 Å². The molecule has 7 heteroatoms. The summed E-state index contributed by atoms with van der Waals surface area (Å²) in [7, 11) is 1.31. The fraction of sp³-hybridized carbons (Fsp3) is 0.0500. The highest BCUT2D eigenvalue weighted by Crippen LogP contribution is 2.39. The van der Waals surface area contributed by atoms with Crippen LogP contribution in [0.3, 0.4) is 0 Å². The summed E-state index contributed by atoms with van der Waals surface area (Å²) in [6, 6.07) is 13.0. The Morgan fingerprint density at radius 3 is 2.63 bits per heavy atom. The average molecular weight is 380 g/mol. The summed E-state index contributed by atoms with van der Waals surface area (Å²) in [5.41, 5.74) is 1.95. The normalized spacial score (nSPS) is 10.7. The molecule has 4 rings (SSSR count). The Labute approximate surface area is 158 Å². The summed E-state index contributed by atoms with van der Waals surface area (Å²) in [6.07, 6.45) is 1.41. The molecule has 4 aromatic rings. The number of hydrogen-bond donors (Lipinski definition) is 0. The van der Waals surface area contributed by atoms with E-state index in [1.54, 1.807) is 36.4 Å². The van der Waals surface area contributed by atoms with E-state index < -0.39 is 5.97 Å². The number of para-hydroxylation sites is 1. The quantitative estimate of drug-likeness (QED) is 0.462. The third kappa shape index (κ3) is 3.24. The van der Waals surface area contributed by atoms with E-state index in [1.165, 1.54) is 36.9 Å². The lowest BCUT2D eigenvalue weighted by atomic mass is 10.1. The second-order valence-electron chi connectivity index (χ2n) is 5.61. The number of aromatic nitrogens is 2. The fourth-order valence-electron chi connectivity index (χ4n) is 2.71. The number of ether oxygens (including phenoxy) is 2. The van der Waals surface area contributed by atoms with Gasteiger partial charge in [-0.05, 0) is 29.8 Å². The smallest absolute Gasteiger partial charge is 0.341 e. The van der Waals surface area contributed by atoms with Crippen molar-refractivity contribution in [1.82, 2.24) is 9.97 Å². The van der Waals surface area contributed by atoms with Crippen molar-refractivity contribution in [1.29, 1.82) is 0 Å². The zero-order valence-corrected chi connectivity index (χ0v) is 15.0. The predicted octanol–water partition coefficient (Wildman–Crippen LogP) is 5.08. The van der Waals surface area contributed by atoms with Crippen molar-refractivity contribution < 1.29 is 18.7 Å². The number of thiophene rings is 1. The second kappa shape index (κ2) is 7.13. The van der Waals surface area contributed by atoms with Gasteiger partial charge in [0, 0.05) is 10.9 Å². The van der Waals surface area contributed by atoms with Crippen molar-refractivity contribution in [2.45, 2.75) is 0 Å². The van der Waals surface area contributed by atoms with E-state index in [4.69, 9.17) is 9.47 Å². The number of hydrogen-bond acceptors (Lipinski definition) is 6. The average Bonchev–Trinajstić information content (AvgIpc) is 3.14. The first-order valence-electron chi connectivity index (χ1n) is 8.00. The summed E-state index contributed by atoms with van der Waals surface area (Å²) >= 11 is 1.44. The molecular formula is C20H13FN2O3S. The van der Waals surface area contributed by atoms with Crippen LogP contribution in [0.1, 0.15) is 10.4 Å². The number of methoxy groups -OCH3 is 1. The maximum atomic E-state index is 13.3. The first-order chi connectivity index (χ1) is 13.2. The lowest BCUT2D eigenvalue weighted by Gasteiger charge is -2.10. The van der Waals surface area contributed by atoms with Gasteiger partial charge in [-0.2, -0.15) is 0 Å². The largest absolute Gasteiger partial charge is 0.465 e. The van der Waals surface area contributed by atoms with Crippen molar-refractivity contribution in [2.75, 3.05) is 7.11 Å². The van der Waals surface area contributed by atoms with Gasteiger partial charge in [-0.1, -0.05) is 24.3 Å². The Hall–Kier alpha value is -3.32. The number of nitrogens with zero attached hydrogens (tertiary/aromatic N) is 2. The van der Waals surface area contributed by atoms with Gasteiger partial charge in [0.25, 0.3) is 0 Å². The Balaban J connectivity index is 1.83. The van der Waals surface area contributed by atoms with E-state index in [0.29, 0.717) is 22.6 Å². The zero-order chi connectivity index (χ0) is 18.8. The van der Waals surface area contributed by atoms with Crippen molar-refractivity contribution in [2.24, 2.45) is 0 Å². The second-order valence-corrected chi connectivity index (χ2v) is 6.46. The summed E-state index contributed by atoms with van der Waals surface area (Å²) in [6.45, 7) is 0. The molecule has 0 radical (unpaired) electrons. The van der Waals surface area contributed by atoms with Crippen LogP contribution in [0.5, 0.6) is 11.6 Å². The van der Waals surface area contributed by atoms with Gasteiger partial charge in [0.05, 0.1) is 12.5 Å². The van der Waals surface area contributed by atoms with Gasteiger partial charge >= 0.3 is 5.97 Å². The number of esters is 1. The molecule has 0 amide bonds. The van der Waals surface area contributed by atoms with Crippen molar-refractivity contribution in [3.05, 3.63) is 71.6 Å². The van der Waals surface area contributed by atoms with Crippen LogP contribution in [-0.4, -0.2) is 23.0 Å². The summed E-state index contributed by atoms with van der Waals surface area (Å²) in [5.74, 6) is -0.157. The van der Waals surface area contributed by atoms with Crippen LogP contribution in [0.2, 0.25) is 0 Å². The number of carbonyl (C=O) groups excluding carboxylic acids is 1. The molecular weight excluding hydrogens is 367 g/mol. The highest BCUT2D eigenvalue weighted by Gasteiger charge is 2.18. The van der Waals surface area contributed by atoms with Crippen molar-refractivity contribution in [3.8, 4) is 22.8 Å². The molecule has 0 spiro atoms. The van der Waals surface area contributed by atoms with Crippen LogP contribution < -0.4 is 4.74 Å². The Morgan fingerprint density at radius 2 is 1.85 bits per heavy atom. The van der Waals surface area contributed by atoms with E-state index >= 15 is 0 Å². The van der Waals surface area contributed by atoms with Crippen LogP contribution in [-0.2, 0) is 4.74 Å². The summed E-state index contributed by atoms with van der Waals surface area (Å²) in [5, 5.41) is 2.62. The molecule has 0 saturated heterocycles. The van der Waals surface area contributed by atoms with Crippen LogP contribution in [0, 0.1) is 5.82 Å². The summed E-state index contributed by atoms with van der Waals surface area (Å²) < 4.78 is 24.0. The molecule has 0 unspecified atom stereocenters. The minimum Gasteiger partial charge on any atom is -0.465 e. The molecule has 0 aliphatic heterocycles. The Kier molecular flexibility index (Phi) is 4.52. The van der Waals surface area contributed by atoms with E-state index in [-0.39, 0.29) is 5.82 Å². The molecule has 0 saturated carbocycles. The molecule has 134 valence electrons. The standard InChI is InChI=1S/C20H13FN2O3S/c1-25-20(24)14-4-2-3-5-16(14)26-18-17-15(10-27-19(17)23-11-22-18)12-6-8-13(21)9-7-12/h2-11H,1H3. The van der Waals surface area contributed by atoms with Crippen LogP contribution in [0.15, 0.2) is 60.2 Å². The van der Waals surface area contributed by atoms with E-state index in [2.05, 4.69) is 9.97 Å². The molecule has 0 fully saturated rings. The highest BCUT2D eigenvalue weighted by molar-refractivity contribution is 7.17. The molecule has 0 bridgehead atoms. The maximum Gasteiger partial charge on any atom is 0.341 e. The number of halogens is 1. The van der Waals surface area contributed by atoms with Crippen LogP contribution in [0.4, 0.5) is 4.39 Å². The van der Waals surface area contributed by atoms with Gasteiger partial charge in [0.15, 0.2) is 0 Å². The molecule has 27 heavy (non-hydrogen) atoms. The lowest BCUT2D eigenvalue weighted by Crippen LogP contribution is -2.04. The van der Waals surface area contributed by atoms with E-state index in [1.807, 2.05) is 5.38 Å². The van der Waals surface area contributed by atoms with Gasteiger partial charge in [-0.3, -0.25) is 0 Å². The van der Waals surface area contributed by atoms with Gasteiger partial charge in [0.2, 0.25) is 5.88 Å². The number of carbonyl (C=O) groups is 1. The zero-order valence-electron chi connectivity index (χ0n) is 14.2. The molecule has 2 aromatic heterocycles. The molecule has 0 aliphatic carbocycles. The van der Waals surface area contributed by atoms with Gasteiger partial charge in [0.1, 0.15) is 28.3 Å². The third-order valence-electron chi connectivity index (χ3n) is 3.99. The minimum absolute atomic E-state index is 0.297. The SMILES string of the molecule is COC(=O)c1ccccc1Oc1ncnc2scc(-c3ccc(F)cc3)c12. The number of rotatable bonds is 4. The minimum atomic E-state index is -0.500. The van der Waals surface area contributed by atoms with Crippen LogP contribution in [0.25, 0.3) is 21.3 Å². The summed E-state index contributed by atoms with van der Waals surface area (Å²) in [4.78, 5) is 21.3. The maximum absolute atomic E-state index is 13.3. The fourth-order valence-corrected chi connectivity index (χ4v) is 3.61. The Morgan fingerprint density at radius 1 is 1.07 bits per heavy atom. The molecule has 0 N–H and O–H groups in total. The first kappa shape index (κ1) is 17.1. The van der Waals surface area contributed by atoms with Gasteiger partial charge in [-0.25, -0.2) is 19.2 Å². The molecule has 0 atom stereocenters. The first-order valence-corrected chi connectivity index (χ1v) is 8.88. The predicted molar refractivity (Wildman–Crippen MR) is 101 cm³/mol. The molecule has 5 nitrogen and oxygen atoms in total. The third-order valence-corrected chi connectivity index (χ3v) is 4.88. The van der Waals surface area contributed by atoms with Gasteiger partial charge < -0.3 is 9.47 Å². The van der Waals surface area contributed by atoms with Crippen molar-refractivity contribution in [3.63, 3.8) is 0 Å². The van der Waals surface area contributed by atoms with E-state index in [0.717, 1.165) is 16.0 Å². The van der Waals surface area contributed by atoms with E-state index in [9.17, 15) is 9.18 Å². The molecule has 0 aliphatic rings. The van der Waals surface area contributed by atoms with Gasteiger partial charge in [-0.15, -0.1) is 11.3 Å². The monoisotopic (exact) mass is 380 g/mol.